The molecule has 19 heteroatoms. The summed E-state index contributed by atoms with van der Waals surface area (Å²) in [7, 11) is -3.74. The number of hydrogen-bond acceptors (Lipinski definition) is 15. The van der Waals surface area contributed by atoms with Crippen LogP contribution in [0.25, 0.3) is 10.4 Å². The second-order valence-electron chi connectivity index (χ2n) is 25.8. The summed E-state index contributed by atoms with van der Waals surface area (Å²) in [4.78, 5) is 15.9. The number of nitrogens with zero attached hydrogens (tertiary/aromatic N) is 3. The lowest BCUT2D eigenvalue weighted by molar-refractivity contribution is -0.337. The van der Waals surface area contributed by atoms with Crippen molar-refractivity contribution < 1.29 is 70.6 Å². The van der Waals surface area contributed by atoms with E-state index >= 15 is 4.57 Å². The molecule has 0 spiro atoms. The lowest BCUT2D eigenvalue weighted by atomic mass is 9.83. The Morgan fingerprint density at radius 3 is 1.15 bits per heavy atom. The zero-order valence-electron chi connectivity index (χ0n) is 58.3. The monoisotopic (exact) mass is 1390 g/mol. The Balaban J connectivity index is 1.06. The molecule has 2 aliphatic rings. The first kappa shape index (κ1) is 77.7. The molecule has 1 aliphatic heterocycles. The van der Waals surface area contributed by atoms with Crippen molar-refractivity contribution in [3.63, 3.8) is 0 Å². The van der Waals surface area contributed by atoms with Gasteiger partial charge in [0.15, 0.2) is 6.29 Å². The molecule has 1 aliphatic carbocycles. The van der Waals surface area contributed by atoms with E-state index < -0.39 is 81.2 Å². The normalized spacial score (nSPS) is 22.4. The number of ether oxygens (including phenoxy) is 11. The number of methoxy groups -OCH3 is 1. The molecule has 0 bridgehead atoms. The van der Waals surface area contributed by atoms with Crippen molar-refractivity contribution in [2.75, 3.05) is 33.5 Å². The smallest absolute Gasteiger partial charge is 0.379 e. The molecule has 18 nitrogen and oxygen atoms in total. The minimum absolute atomic E-state index is 0.00808. The Hall–Kier alpha value is -6.48. The Kier molecular flexibility index (Phi) is 34.8. The fourth-order valence-electron chi connectivity index (χ4n) is 12.6. The average Bonchev–Trinajstić information content (AvgIpc) is 0.752. The topological polar surface area (TPSA) is 206 Å². The molecule has 7 aromatic rings. The maximum atomic E-state index is 15.3. The van der Waals surface area contributed by atoms with Crippen molar-refractivity contribution in [2.45, 2.75) is 216 Å². The lowest BCUT2D eigenvalue weighted by Gasteiger charge is -2.52. The molecule has 0 aromatic heterocycles. The Bertz CT molecular complexity index is 3360. The molecule has 538 valence electrons. The van der Waals surface area contributed by atoms with Gasteiger partial charge >= 0.3 is 7.82 Å². The van der Waals surface area contributed by atoms with Gasteiger partial charge in [-0.15, -0.1) is 0 Å². The number of azide groups is 1. The third-order valence-electron chi connectivity index (χ3n) is 18.1. The van der Waals surface area contributed by atoms with Crippen molar-refractivity contribution in [2.24, 2.45) is 5.11 Å². The molecule has 9 rings (SSSR count). The van der Waals surface area contributed by atoms with Gasteiger partial charge in [-0.2, -0.15) is 0 Å². The van der Waals surface area contributed by atoms with Gasteiger partial charge in [0.05, 0.1) is 66.1 Å². The van der Waals surface area contributed by atoms with E-state index in [1.165, 1.54) is 77.7 Å². The summed E-state index contributed by atoms with van der Waals surface area (Å²) in [5, 5.41) is 4.47. The third kappa shape index (κ3) is 26.7. The highest BCUT2D eigenvalue weighted by Crippen LogP contribution is 2.50. The van der Waals surface area contributed by atoms with Gasteiger partial charge in [-0.05, 0) is 50.9 Å². The molecule has 1 saturated heterocycles. The summed E-state index contributed by atoms with van der Waals surface area (Å²) < 4.78 is 104. The first-order valence-electron chi connectivity index (χ1n) is 35.9. The summed E-state index contributed by atoms with van der Waals surface area (Å²) in [6, 6.07) is 66.3. The van der Waals surface area contributed by atoms with Crippen LogP contribution in [-0.2, 0) is 112 Å². The van der Waals surface area contributed by atoms with Crippen LogP contribution in [0.5, 0.6) is 0 Å². The number of unbranched alkanes of at least 4 members (excludes halogenated alkanes) is 13. The van der Waals surface area contributed by atoms with Crippen molar-refractivity contribution >= 4 is 7.82 Å². The molecule has 13 atom stereocenters. The Morgan fingerprint density at radius 1 is 0.430 bits per heavy atom. The van der Waals surface area contributed by atoms with Gasteiger partial charge in [0, 0.05) is 18.6 Å². The number of hydrogen-bond donors (Lipinski definition) is 1. The molecular weight excluding hydrogens is 1290 g/mol. The quantitative estimate of drug-likeness (QED) is 0.0124. The predicted molar refractivity (Wildman–Crippen MR) is 385 cm³/mol. The fraction of sp³-hybridized carbons (Fsp3) is 0.481. The van der Waals surface area contributed by atoms with Gasteiger partial charge in [-0.1, -0.05) is 308 Å². The zero-order valence-corrected chi connectivity index (χ0v) is 59.2. The largest absolute Gasteiger partial charge is 0.472 e. The minimum atomic E-state index is -5.24. The first-order valence-corrected chi connectivity index (χ1v) is 37.4. The molecule has 1 unspecified atom stereocenters. The predicted octanol–water partition coefficient (Wildman–Crippen LogP) is 17.5. The van der Waals surface area contributed by atoms with Crippen LogP contribution in [0.15, 0.2) is 217 Å². The van der Waals surface area contributed by atoms with Crippen LogP contribution in [0.4, 0.5) is 0 Å². The third-order valence-corrected chi connectivity index (χ3v) is 19.1. The second-order valence-corrected chi connectivity index (χ2v) is 27.2. The number of rotatable bonds is 48. The van der Waals surface area contributed by atoms with Crippen molar-refractivity contribution in [3.8, 4) is 0 Å². The SMILES string of the molecule is CCCCCCCCCCCCCCCCOC[C@H](COP(=O)(O)O[C@@H]1[C@H](OCc2ccccc2)[C@H](OCc2ccccc2)[C@@H](OCc2ccccc2)[C@H](OCc2ccccc2)[C@H]1O[C@H]1O[C@H](COCc2ccccc2)[C@@H](OCc2ccccc2)[C@H](OCc2ccccc2)[C@H]1N=[N+]=[N-])OC. The van der Waals surface area contributed by atoms with Crippen LogP contribution in [0.2, 0.25) is 0 Å². The van der Waals surface area contributed by atoms with Crippen LogP contribution >= 0.6 is 7.82 Å². The second kappa shape index (κ2) is 44.8. The summed E-state index contributed by atoms with van der Waals surface area (Å²) in [5.41, 5.74) is 16.7. The minimum Gasteiger partial charge on any atom is -0.379 e. The fourth-order valence-corrected chi connectivity index (χ4v) is 13.6. The Labute approximate surface area is 592 Å². The van der Waals surface area contributed by atoms with E-state index in [1.807, 2.05) is 212 Å². The van der Waals surface area contributed by atoms with Gasteiger partial charge in [0.25, 0.3) is 0 Å². The van der Waals surface area contributed by atoms with Gasteiger partial charge in [0.1, 0.15) is 67.1 Å². The molecular formula is C81H104N3O15P. The lowest BCUT2D eigenvalue weighted by Crippen LogP contribution is -2.69. The highest BCUT2D eigenvalue weighted by Gasteiger charge is 2.59. The summed E-state index contributed by atoms with van der Waals surface area (Å²) in [6.07, 6.45) is 4.17. The van der Waals surface area contributed by atoms with Crippen molar-refractivity contribution in [1.82, 2.24) is 0 Å². The van der Waals surface area contributed by atoms with E-state index in [0.717, 1.165) is 58.2 Å². The standard InChI is InChI=1S/C81H104N3O15P/c1-3-4-5-6-7-8-9-10-11-12-13-14-15-37-52-88-60-70(87-2)61-96-100(85,86)99-80-78(95-59-69-50-35-22-36-51-69)76(93-57-67-46-31-20-32-47-67)75(92-56-66-44-29-19-30-45-66)77(94-58-68-48-33-21-34-49-68)79(80)98-81-72(83-84-82)74(91-55-65-42-27-18-28-43-65)73(90-54-64-40-25-17-26-41-64)71(97-81)62-89-53-63-38-23-16-24-39-63/h16-36,38-51,70-81H,3-15,37,52-62H2,1-2H3,(H,85,86)/t70-,71-,72-,73-,74-,75-,76-,77+,78-,79-,80-,81-/m1/s1. The van der Waals surface area contributed by atoms with Crippen molar-refractivity contribution in [1.29, 1.82) is 0 Å². The molecule has 0 amide bonds. The average molecular weight is 1390 g/mol. The van der Waals surface area contributed by atoms with Gasteiger partial charge in [-0.25, -0.2) is 4.57 Å². The van der Waals surface area contributed by atoms with E-state index in [9.17, 15) is 10.4 Å². The van der Waals surface area contributed by atoms with Crippen LogP contribution in [0, 0.1) is 0 Å². The summed E-state index contributed by atoms with van der Waals surface area (Å²) >= 11 is 0. The molecule has 1 N–H and O–H groups in total. The van der Waals surface area contributed by atoms with Crippen LogP contribution in [-0.4, -0.2) is 112 Å². The molecule has 1 heterocycles. The summed E-state index contributed by atoms with van der Waals surface area (Å²) in [5.74, 6) is 0. The van der Waals surface area contributed by atoms with Crippen LogP contribution in [0.1, 0.15) is 136 Å². The van der Waals surface area contributed by atoms with E-state index in [2.05, 4.69) is 16.9 Å². The van der Waals surface area contributed by atoms with E-state index in [0.29, 0.717) is 6.61 Å². The molecule has 1 saturated carbocycles. The zero-order chi connectivity index (χ0) is 69.5. The van der Waals surface area contributed by atoms with Gasteiger partial charge in [-0.3, -0.25) is 9.05 Å². The number of benzene rings is 7. The van der Waals surface area contributed by atoms with E-state index in [-0.39, 0.29) is 66.1 Å². The molecule has 2 fully saturated rings. The summed E-state index contributed by atoms with van der Waals surface area (Å²) in [6.45, 7) is 2.90. The Morgan fingerprint density at radius 2 is 0.770 bits per heavy atom. The maximum Gasteiger partial charge on any atom is 0.472 e. The van der Waals surface area contributed by atoms with E-state index in [4.69, 9.17) is 61.2 Å². The van der Waals surface area contributed by atoms with E-state index in [1.54, 1.807) is 0 Å². The number of phosphoric ester groups is 1. The maximum absolute atomic E-state index is 15.3. The molecule has 0 radical (unpaired) electrons. The molecule has 7 aromatic carbocycles. The van der Waals surface area contributed by atoms with Gasteiger partial charge in [0.2, 0.25) is 0 Å². The highest BCUT2D eigenvalue weighted by atomic mass is 31.2. The van der Waals surface area contributed by atoms with Gasteiger partial charge < -0.3 is 57.0 Å². The highest BCUT2D eigenvalue weighted by molar-refractivity contribution is 7.47. The van der Waals surface area contributed by atoms with Crippen LogP contribution in [0.3, 0.4) is 0 Å². The first-order chi connectivity index (χ1) is 49.3. The molecule has 100 heavy (non-hydrogen) atoms. The number of phosphoric acid groups is 1. The van der Waals surface area contributed by atoms with Crippen LogP contribution < -0.4 is 0 Å². The van der Waals surface area contributed by atoms with Crippen molar-refractivity contribution in [3.05, 3.63) is 262 Å².